The van der Waals surface area contributed by atoms with Crippen LogP contribution in [0.4, 0.5) is 5.82 Å². The van der Waals surface area contributed by atoms with E-state index in [2.05, 4.69) is 27.6 Å². The second-order valence-corrected chi connectivity index (χ2v) is 13.8. The quantitative estimate of drug-likeness (QED) is 0.0410. The minimum absolute atomic E-state index is 0.235. The largest absolute Gasteiger partial charge is 0.524 e. The van der Waals surface area contributed by atoms with Crippen molar-refractivity contribution in [3.63, 3.8) is 0 Å². The molecule has 4 rings (SSSR count). The summed E-state index contributed by atoms with van der Waals surface area (Å²) < 4.78 is 72.3. The summed E-state index contributed by atoms with van der Waals surface area (Å²) in [5.41, 5.74) is 5.52. The van der Waals surface area contributed by atoms with Gasteiger partial charge in [-0.2, -0.15) is 13.2 Å². The van der Waals surface area contributed by atoms with Gasteiger partial charge < -0.3 is 39.3 Å². The average Bonchev–Trinajstić information content (AvgIpc) is 3.50. The molecule has 2 aliphatic heterocycles. The first-order chi connectivity index (χ1) is 20.1. The molecule has 240 valence electrons. The molecule has 3 unspecified atom stereocenters. The molecule has 25 nitrogen and oxygen atoms in total. The van der Waals surface area contributed by atoms with Crippen molar-refractivity contribution in [3.8, 4) is 0 Å². The highest BCUT2D eigenvalue weighted by Gasteiger charge is 2.48. The normalized spacial score (nSPS) is 25.0. The van der Waals surface area contributed by atoms with Gasteiger partial charge in [0.25, 0.3) is 29.4 Å². The molecule has 2 saturated heterocycles. The Balaban J connectivity index is 1.51. The molecule has 8 N–H and O–H groups in total. The van der Waals surface area contributed by atoms with Gasteiger partial charge in [-0.3, -0.25) is 38.1 Å². The second-order valence-electron chi connectivity index (χ2n) is 8.20. The summed E-state index contributed by atoms with van der Waals surface area (Å²) in [7, 11) is -22.3. The predicted molar refractivity (Wildman–Crippen MR) is 127 cm³/mol. The van der Waals surface area contributed by atoms with Crippen LogP contribution < -0.4 is 10.3 Å². The number of ether oxygens (including phenoxy) is 2. The highest BCUT2D eigenvalue weighted by Crippen LogP contribution is 2.66. The molecule has 2 aliphatic rings. The number of phosphoric ester groups is 2. The van der Waals surface area contributed by atoms with Crippen LogP contribution in [0.1, 0.15) is 12.5 Å². The number of ketones is 4. The van der Waals surface area contributed by atoms with Crippen LogP contribution in [0.15, 0.2) is 24.7 Å². The number of carbonyl (C=O) groups is 4. The molecule has 0 aliphatic carbocycles. The molecule has 5 atom stereocenters. The molecule has 0 aromatic carbocycles. The van der Waals surface area contributed by atoms with Gasteiger partial charge in [0.05, 0.1) is 6.61 Å². The lowest BCUT2D eigenvalue weighted by atomic mass is 10.2. The highest BCUT2D eigenvalue weighted by atomic mass is 31.3. The topological polar surface area (TPSA) is 374 Å². The van der Waals surface area contributed by atoms with Crippen LogP contribution >= 0.6 is 31.3 Å². The summed E-state index contributed by atoms with van der Waals surface area (Å²) in [6, 6.07) is 0. The van der Waals surface area contributed by atoms with Gasteiger partial charge in [0, 0.05) is 0 Å². The number of allylic oxidation sites excluding steroid dienone is 1. The van der Waals surface area contributed by atoms with Gasteiger partial charge >= 0.3 is 31.3 Å². The fourth-order valence-electron chi connectivity index (χ4n) is 3.50. The van der Waals surface area contributed by atoms with Gasteiger partial charge in [0.15, 0.2) is 11.6 Å². The molecule has 4 heterocycles. The Kier molecular flexibility index (Phi) is 8.96. The third-order valence-corrected chi connectivity index (χ3v) is 9.35. The van der Waals surface area contributed by atoms with Crippen LogP contribution in [0.5, 0.6) is 0 Å². The predicted octanol–water partition coefficient (Wildman–Crippen LogP) is -2.70. The van der Waals surface area contributed by atoms with Crippen LogP contribution in [0.2, 0.25) is 0 Å². The van der Waals surface area contributed by atoms with Gasteiger partial charge in [0.2, 0.25) is 29.7 Å². The van der Waals surface area contributed by atoms with E-state index >= 15 is 0 Å². The van der Waals surface area contributed by atoms with Crippen molar-refractivity contribution >= 4 is 71.4 Å². The van der Waals surface area contributed by atoms with Gasteiger partial charge in [-0.15, -0.1) is 0 Å². The van der Waals surface area contributed by atoms with Crippen LogP contribution in [-0.2, 0) is 64.6 Å². The molecule has 0 bridgehead atoms. The summed E-state index contributed by atoms with van der Waals surface area (Å²) in [6.45, 7) is -1.26. The van der Waals surface area contributed by atoms with E-state index in [0.29, 0.717) is 0 Å². The van der Waals surface area contributed by atoms with Crippen molar-refractivity contribution in [1.29, 1.82) is 0 Å². The Labute approximate surface area is 240 Å². The molecule has 0 radical (unpaired) electrons. The van der Waals surface area contributed by atoms with Crippen molar-refractivity contribution in [2.75, 3.05) is 12.3 Å². The third kappa shape index (κ3) is 7.40. The molecule has 0 saturated carbocycles. The maximum absolute atomic E-state index is 12.6. The first kappa shape index (κ1) is 33.8. The maximum Gasteiger partial charge on any atom is 0.524 e. The molecule has 0 amide bonds. The number of nitrogens with zero attached hydrogens (tertiary/aromatic N) is 4. The number of carbonyl (C=O) groups excluding carboxylic acids is 4. The van der Waals surface area contributed by atoms with Crippen molar-refractivity contribution < 1.29 is 98.5 Å². The zero-order valence-corrected chi connectivity index (χ0v) is 24.3. The van der Waals surface area contributed by atoms with Crippen LogP contribution in [-0.4, -0.2) is 79.7 Å². The van der Waals surface area contributed by atoms with E-state index in [0.717, 1.165) is 21.8 Å². The van der Waals surface area contributed by atoms with E-state index in [-0.39, 0.29) is 17.4 Å². The van der Waals surface area contributed by atoms with Crippen molar-refractivity contribution in [1.82, 2.24) is 14.5 Å². The fraction of sp³-hybridized carbons (Fsp3) is 0.267. The number of Topliss-reactive ketones (excluding diaryl/α,β-unsaturated/α-hetero) is 4. The Morgan fingerprint density at radius 1 is 0.932 bits per heavy atom. The van der Waals surface area contributed by atoms with Crippen LogP contribution in [0.25, 0.3) is 11.2 Å². The van der Waals surface area contributed by atoms with E-state index in [1.807, 2.05) is 0 Å². The second kappa shape index (κ2) is 11.7. The summed E-state index contributed by atoms with van der Waals surface area (Å²) in [4.78, 5) is 111. The summed E-state index contributed by atoms with van der Waals surface area (Å²) in [6.07, 6.45) is -3.61. The molecule has 2 fully saturated rings. The van der Waals surface area contributed by atoms with Gasteiger partial charge in [-0.25, -0.2) is 23.2 Å². The summed E-state index contributed by atoms with van der Waals surface area (Å²) in [5.74, 6) is -6.46. The zero-order valence-electron chi connectivity index (χ0n) is 20.7. The number of rotatable bonds is 11. The lowest BCUT2D eigenvalue weighted by molar-refractivity contribution is -0.729. The van der Waals surface area contributed by atoms with Crippen LogP contribution in [0.3, 0.4) is 0 Å². The SMILES string of the molecule is Nc1c2ncn(C3O[C@H](COP(=O)(O)OP(=O)(O)OP(=O)(O)O)C(=O)C3=O)c2nc[n+]1[C@@H]1O/C(=C\OP(=O)(O)O)C(=O)C1=O. The zero-order chi connectivity index (χ0) is 33.0. The molecule has 0 spiro atoms. The maximum atomic E-state index is 12.6. The molecule has 44 heavy (non-hydrogen) atoms. The molecular formula is C15H16N5O20P4+. The first-order valence-corrected chi connectivity index (χ1v) is 16.9. The smallest absolute Gasteiger partial charge is 0.442 e. The molecule has 2 aromatic heterocycles. The first-order valence-electron chi connectivity index (χ1n) is 10.8. The Bertz CT molecular complexity index is 1810. The van der Waals surface area contributed by atoms with Gasteiger partial charge in [-0.1, -0.05) is 4.98 Å². The van der Waals surface area contributed by atoms with E-state index in [1.165, 1.54) is 0 Å². The van der Waals surface area contributed by atoms with E-state index < -0.39 is 91.2 Å². The monoisotopic (exact) mass is 710 g/mol. The molecular weight excluding hydrogens is 694 g/mol. The van der Waals surface area contributed by atoms with E-state index in [4.69, 9.17) is 34.8 Å². The Hall–Kier alpha value is -3.11. The number of hydrogen-bond acceptors (Lipinski definition) is 17. The Morgan fingerprint density at radius 3 is 2.20 bits per heavy atom. The minimum Gasteiger partial charge on any atom is -0.442 e. The van der Waals surface area contributed by atoms with E-state index in [9.17, 15) is 47.2 Å². The molecule has 29 heteroatoms. The lowest BCUT2D eigenvalue weighted by Crippen LogP contribution is -2.46. The van der Waals surface area contributed by atoms with Crippen molar-refractivity contribution in [2.45, 2.75) is 18.6 Å². The third-order valence-electron chi connectivity index (χ3n) is 5.16. The minimum atomic E-state index is -5.86. The number of anilines is 1. The van der Waals surface area contributed by atoms with Gasteiger partial charge in [0.1, 0.15) is 12.6 Å². The van der Waals surface area contributed by atoms with Gasteiger partial charge in [-0.05, 0) is 0 Å². The standard InChI is InChI=1S/C15H15N5O20P4/c16-12-7-13(18-4-19(12)14-10(23)8(21)5(37-14)1-35-41(25,26)27)20(3-17-7)15-11(24)9(22)6(38-15)2-36-43(31,32)40-44(33,34)39-42(28,29)30/h1,3-4,6,14-16H,2H2,(H6,25,26,27,28,29,30,31,32,33,34)/p+1/b5-1-/t6-,14-,15?/m1/s1. The number of aromatic nitrogens is 4. The number of imidazole rings is 1. The molecule has 2 aromatic rings. The Morgan fingerprint density at radius 2 is 1.59 bits per heavy atom. The van der Waals surface area contributed by atoms with Crippen molar-refractivity contribution in [3.05, 3.63) is 24.7 Å². The summed E-state index contributed by atoms with van der Waals surface area (Å²) in [5, 5.41) is 0. The van der Waals surface area contributed by atoms with Crippen molar-refractivity contribution in [2.24, 2.45) is 0 Å². The average molecular weight is 710 g/mol. The summed E-state index contributed by atoms with van der Waals surface area (Å²) >= 11 is 0. The lowest BCUT2D eigenvalue weighted by Gasteiger charge is -2.17. The number of phosphoric acid groups is 4. The fourth-order valence-corrected chi connectivity index (χ4v) is 6.75. The number of hydrogen-bond donors (Lipinski definition) is 7. The van der Waals surface area contributed by atoms with E-state index in [1.54, 1.807) is 0 Å². The number of nitrogen functional groups attached to an aromatic ring is 1. The number of nitrogens with two attached hydrogens (primary N) is 1. The number of fused-ring (bicyclic) bond motifs is 1. The highest BCUT2D eigenvalue weighted by molar-refractivity contribution is 7.66. The van der Waals surface area contributed by atoms with Crippen LogP contribution in [0, 0.1) is 0 Å².